The fraction of sp³-hybridized carbons (Fsp3) is 0.294. The summed E-state index contributed by atoms with van der Waals surface area (Å²) in [7, 11) is 1.70. The van der Waals surface area contributed by atoms with Gasteiger partial charge in [-0.1, -0.05) is 46.3 Å². The lowest BCUT2D eigenvalue weighted by Gasteiger charge is -2.16. The van der Waals surface area contributed by atoms with E-state index < -0.39 is 0 Å². The second-order valence-electron chi connectivity index (χ2n) is 4.95. The van der Waals surface area contributed by atoms with Gasteiger partial charge in [-0.25, -0.2) is 0 Å². The van der Waals surface area contributed by atoms with Crippen LogP contribution in [0.5, 0.6) is 5.75 Å². The molecule has 2 aromatic carbocycles. The van der Waals surface area contributed by atoms with Gasteiger partial charge in [-0.3, -0.25) is 0 Å². The maximum atomic E-state index is 5.94. The van der Waals surface area contributed by atoms with E-state index in [9.17, 15) is 0 Å². The summed E-state index contributed by atoms with van der Waals surface area (Å²) in [5.74, 6) is 1.33. The van der Waals surface area contributed by atoms with E-state index in [4.69, 9.17) is 10.5 Å². The van der Waals surface area contributed by atoms with Crippen LogP contribution in [0.4, 0.5) is 0 Å². The van der Waals surface area contributed by atoms with E-state index in [1.165, 1.54) is 11.1 Å². The van der Waals surface area contributed by atoms with Crippen LogP contribution in [0.25, 0.3) is 0 Å². The van der Waals surface area contributed by atoms with Gasteiger partial charge in [-0.05, 0) is 54.6 Å². The molecule has 2 nitrogen and oxygen atoms in total. The largest absolute Gasteiger partial charge is 0.497 e. The second kappa shape index (κ2) is 7.46. The highest BCUT2D eigenvalue weighted by Gasteiger charge is 2.11. The number of hydrogen-bond acceptors (Lipinski definition) is 2. The smallest absolute Gasteiger partial charge is 0.119 e. The molecule has 0 amide bonds. The third-order valence-corrected chi connectivity index (χ3v) is 4.23. The van der Waals surface area contributed by atoms with Crippen LogP contribution in [-0.4, -0.2) is 13.7 Å². The highest BCUT2D eigenvalue weighted by atomic mass is 79.9. The van der Waals surface area contributed by atoms with Gasteiger partial charge in [0.05, 0.1) is 7.11 Å². The summed E-state index contributed by atoms with van der Waals surface area (Å²) in [6, 6.07) is 16.5. The quantitative estimate of drug-likeness (QED) is 0.872. The third kappa shape index (κ3) is 4.09. The van der Waals surface area contributed by atoms with E-state index in [1.54, 1.807) is 7.11 Å². The van der Waals surface area contributed by atoms with Crippen LogP contribution in [0.2, 0.25) is 0 Å². The standard InChI is InChI=1S/C17H20BrNO/c1-20-16-7-4-5-13(11-16)9-14(12-19)10-15-6-2-3-8-17(15)18/h2-8,11,14H,9-10,12,19H2,1H3. The van der Waals surface area contributed by atoms with Crippen molar-refractivity contribution >= 4 is 15.9 Å². The Kier molecular flexibility index (Phi) is 5.62. The average molecular weight is 334 g/mol. The van der Waals surface area contributed by atoms with Crippen molar-refractivity contribution in [1.82, 2.24) is 0 Å². The zero-order valence-corrected chi connectivity index (χ0v) is 13.3. The molecular weight excluding hydrogens is 314 g/mol. The number of ether oxygens (including phenoxy) is 1. The summed E-state index contributed by atoms with van der Waals surface area (Å²) in [4.78, 5) is 0. The van der Waals surface area contributed by atoms with Crippen LogP contribution < -0.4 is 10.5 Å². The number of methoxy groups -OCH3 is 1. The Labute approximate surface area is 129 Å². The number of rotatable bonds is 6. The molecule has 0 saturated carbocycles. The van der Waals surface area contributed by atoms with Gasteiger partial charge in [0.15, 0.2) is 0 Å². The van der Waals surface area contributed by atoms with Gasteiger partial charge < -0.3 is 10.5 Å². The van der Waals surface area contributed by atoms with Gasteiger partial charge in [0.25, 0.3) is 0 Å². The molecule has 0 bridgehead atoms. The van der Waals surface area contributed by atoms with Crippen LogP contribution in [0.3, 0.4) is 0 Å². The van der Waals surface area contributed by atoms with Crippen molar-refractivity contribution in [2.75, 3.05) is 13.7 Å². The Balaban J connectivity index is 2.07. The lowest BCUT2D eigenvalue weighted by atomic mass is 9.92. The zero-order valence-electron chi connectivity index (χ0n) is 11.7. The molecule has 0 radical (unpaired) electrons. The average Bonchev–Trinajstić information content (AvgIpc) is 2.49. The highest BCUT2D eigenvalue weighted by Crippen LogP contribution is 2.22. The molecule has 106 valence electrons. The van der Waals surface area contributed by atoms with E-state index in [1.807, 2.05) is 18.2 Å². The Hall–Kier alpha value is -1.32. The summed E-state index contributed by atoms with van der Waals surface area (Å²) >= 11 is 3.60. The Morgan fingerprint density at radius 3 is 2.60 bits per heavy atom. The zero-order chi connectivity index (χ0) is 14.4. The number of halogens is 1. The van der Waals surface area contributed by atoms with Crippen molar-refractivity contribution in [3.63, 3.8) is 0 Å². The molecule has 0 heterocycles. The first kappa shape index (κ1) is 15.1. The first-order chi connectivity index (χ1) is 9.72. The Morgan fingerprint density at radius 1 is 1.10 bits per heavy atom. The maximum Gasteiger partial charge on any atom is 0.119 e. The molecule has 0 aliphatic carbocycles. The van der Waals surface area contributed by atoms with Crippen LogP contribution in [0.1, 0.15) is 11.1 Å². The van der Waals surface area contributed by atoms with Crippen molar-refractivity contribution < 1.29 is 4.74 Å². The van der Waals surface area contributed by atoms with Crippen LogP contribution in [-0.2, 0) is 12.8 Å². The molecule has 2 N–H and O–H groups in total. The van der Waals surface area contributed by atoms with Crippen molar-refractivity contribution in [3.8, 4) is 5.75 Å². The minimum Gasteiger partial charge on any atom is -0.497 e. The maximum absolute atomic E-state index is 5.94. The van der Waals surface area contributed by atoms with Gasteiger partial charge in [0.2, 0.25) is 0 Å². The first-order valence-corrected chi connectivity index (χ1v) is 7.58. The third-order valence-electron chi connectivity index (χ3n) is 3.46. The van der Waals surface area contributed by atoms with Crippen LogP contribution >= 0.6 is 15.9 Å². The Bertz CT molecular complexity index is 556. The monoisotopic (exact) mass is 333 g/mol. The fourth-order valence-electron chi connectivity index (χ4n) is 2.35. The van der Waals surface area contributed by atoms with E-state index in [0.29, 0.717) is 12.5 Å². The van der Waals surface area contributed by atoms with Crippen molar-refractivity contribution in [1.29, 1.82) is 0 Å². The minimum absolute atomic E-state index is 0.431. The molecule has 0 saturated heterocycles. The summed E-state index contributed by atoms with van der Waals surface area (Å²) in [6.45, 7) is 0.679. The SMILES string of the molecule is COc1cccc(CC(CN)Cc2ccccc2Br)c1. The van der Waals surface area contributed by atoms with Crippen molar-refractivity contribution in [2.45, 2.75) is 12.8 Å². The summed E-state index contributed by atoms with van der Waals surface area (Å²) in [5, 5.41) is 0. The molecular formula is C17H20BrNO. The fourth-order valence-corrected chi connectivity index (χ4v) is 2.79. The lowest BCUT2D eigenvalue weighted by Crippen LogP contribution is -2.19. The van der Waals surface area contributed by atoms with E-state index in [-0.39, 0.29) is 0 Å². The molecule has 0 fully saturated rings. The molecule has 20 heavy (non-hydrogen) atoms. The number of nitrogens with two attached hydrogens (primary N) is 1. The summed E-state index contributed by atoms with van der Waals surface area (Å²) in [5.41, 5.74) is 8.52. The molecule has 0 aliphatic rings. The molecule has 0 aromatic heterocycles. The highest BCUT2D eigenvalue weighted by molar-refractivity contribution is 9.10. The predicted molar refractivity (Wildman–Crippen MR) is 87.1 cm³/mol. The summed E-state index contributed by atoms with van der Waals surface area (Å²) in [6.07, 6.45) is 1.95. The van der Waals surface area contributed by atoms with Gasteiger partial charge in [0, 0.05) is 4.47 Å². The summed E-state index contributed by atoms with van der Waals surface area (Å²) < 4.78 is 6.43. The van der Waals surface area contributed by atoms with Gasteiger partial charge in [0.1, 0.15) is 5.75 Å². The number of hydrogen-bond donors (Lipinski definition) is 1. The van der Waals surface area contributed by atoms with Gasteiger partial charge >= 0.3 is 0 Å². The van der Waals surface area contributed by atoms with Gasteiger partial charge in [-0.15, -0.1) is 0 Å². The van der Waals surface area contributed by atoms with E-state index >= 15 is 0 Å². The molecule has 0 spiro atoms. The van der Waals surface area contributed by atoms with Crippen molar-refractivity contribution in [2.24, 2.45) is 11.7 Å². The Morgan fingerprint density at radius 2 is 1.90 bits per heavy atom. The lowest BCUT2D eigenvalue weighted by molar-refractivity contribution is 0.413. The van der Waals surface area contributed by atoms with E-state index in [0.717, 1.165) is 23.1 Å². The topological polar surface area (TPSA) is 35.2 Å². The van der Waals surface area contributed by atoms with Crippen LogP contribution in [0, 0.1) is 5.92 Å². The first-order valence-electron chi connectivity index (χ1n) is 6.79. The van der Waals surface area contributed by atoms with Crippen molar-refractivity contribution in [3.05, 3.63) is 64.1 Å². The molecule has 2 aromatic rings. The normalized spacial score (nSPS) is 12.2. The predicted octanol–water partition coefficient (Wildman–Crippen LogP) is 3.82. The number of benzene rings is 2. The minimum atomic E-state index is 0.431. The van der Waals surface area contributed by atoms with E-state index in [2.05, 4.69) is 46.3 Å². The molecule has 1 atom stereocenters. The van der Waals surface area contributed by atoms with Gasteiger partial charge in [-0.2, -0.15) is 0 Å². The molecule has 0 aliphatic heterocycles. The molecule has 3 heteroatoms. The second-order valence-corrected chi connectivity index (χ2v) is 5.81. The molecule has 1 unspecified atom stereocenters. The molecule has 2 rings (SSSR count). The van der Waals surface area contributed by atoms with Crippen LogP contribution in [0.15, 0.2) is 53.0 Å².